The maximum absolute atomic E-state index is 11.1. The summed E-state index contributed by atoms with van der Waals surface area (Å²) in [7, 11) is 0. The van der Waals surface area contributed by atoms with Crippen LogP contribution in [0.4, 0.5) is 0 Å². The van der Waals surface area contributed by atoms with Crippen LogP contribution in [-0.4, -0.2) is 16.2 Å². The van der Waals surface area contributed by atoms with Crippen molar-refractivity contribution in [1.82, 2.24) is 0 Å². The Morgan fingerprint density at radius 2 is 1.84 bits per heavy atom. The molecule has 2 aromatic carbocycles. The molecule has 0 aliphatic carbocycles. The van der Waals surface area contributed by atoms with Gasteiger partial charge in [0.15, 0.2) is 0 Å². The summed E-state index contributed by atoms with van der Waals surface area (Å²) in [5.41, 5.74) is 2.81. The Balaban J connectivity index is 2.46. The number of carboxylic acid groups (broad SMARTS) is 1. The van der Waals surface area contributed by atoms with Gasteiger partial charge < -0.3 is 10.2 Å². The number of phenolic OH excluding ortho intramolecular Hbond substituents is 1. The summed E-state index contributed by atoms with van der Waals surface area (Å²) < 4.78 is 0. The van der Waals surface area contributed by atoms with Gasteiger partial charge in [0.05, 0.1) is 6.42 Å². The minimum Gasteiger partial charge on any atom is -0.508 e. The van der Waals surface area contributed by atoms with Crippen LogP contribution in [0.3, 0.4) is 0 Å². The van der Waals surface area contributed by atoms with E-state index in [1.807, 2.05) is 37.3 Å². The van der Waals surface area contributed by atoms with Crippen molar-refractivity contribution in [3.63, 3.8) is 0 Å². The predicted octanol–water partition coefficient (Wildman–Crippen LogP) is 3.31. The molecule has 98 valence electrons. The summed E-state index contributed by atoms with van der Waals surface area (Å²) in [5.74, 6) is -0.830. The third-order valence-electron chi connectivity index (χ3n) is 3.21. The van der Waals surface area contributed by atoms with Crippen molar-refractivity contribution in [2.45, 2.75) is 19.3 Å². The molecule has 0 spiro atoms. The van der Waals surface area contributed by atoms with Crippen LogP contribution in [-0.2, 0) is 4.79 Å². The molecule has 0 bridgehead atoms. The van der Waals surface area contributed by atoms with Gasteiger partial charge in [-0.2, -0.15) is 0 Å². The highest BCUT2D eigenvalue weighted by atomic mass is 16.4. The van der Waals surface area contributed by atoms with Crippen LogP contribution in [0.25, 0.3) is 0 Å². The second kappa shape index (κ2) is 5.57. The van der Waals surface area contributed by atoms with Crippen LogP contribution in [0.2, 0.25) is 0 Å². The summed E-state index contributed by atoms with van der Waals surface area (Å²) in [6.45, 7) is 1.88. The first-order valence-corrected chi connectivity index (χ1v) is 6.14. The molecule has 2 aromatic rings. The maximum atomic E-state index is 11.1. The molecule has 3 heteroatoms. The first kappa shape index (κ1) is 13.1. The summed E-state index contributed by atoms with van der Waals surface area (Å²) in [6, 6.07) is 14.6. The van der Waals surface area contributed by atoms with Gasteiger partial charge in [-0.05, 0) is 35.7 Å². The number of carbonyl (C=O) groups is 1. The molecule has 0 aromatic heterocycles. The Labute approximate surface area is 112 Å². The lowest BCUT2D eigenvalue weighted by Crippen LogP contribution is -2.09. The molecule has 0 aliphatic heterocycles. The number of hydrogen-bond donors (Lipinski definition) is 2. The zero-order chi connectivity index (χ0) is 13.8. The van der Waals surface area contributed by atoms with Crippen molar-refractivity contribution in [2.24, 2.45) is 0 Å². The van der Waals surface area contributed by atoms with Gasteiger partial charge in [0.25, 0.3) is 0 Å². The van der Waals surface area contributed by atoms with Crippen molar-refractivity contribution in [2.75, 3.05) is 0 Å². The smallest absolute Gasteiger partial charge is 0.304 e. The number of aromatic hydroxyl groups is 1. The first-order valence-electron chi connectivity index (χ1n) is 6.14. The molecule has 0 saturated carbocycles. The van der Waals surface area contributed by atoms with E-state index in [1.165, 1.54) is 0 Å². The zero-order valence-electron chi connectivity index (χ0n) is 10.7. The molecule has 0 amide bonds. The molecule has 0 radical (unpaired) electrons. The van der Waals surface area contributed by atoms with Crippen LogP contribution in [0.15, 0.2) is 48.5 Å². The largest absolute Gasteiger partial charge is 0.508 e. The molecule has 0 aliphatic rings. The number of benzene rings is 2. The lowest BCUT2D eigenvalue weighted by Gasteiger charge is -2.18. The molecule has 2 N–H and O–H groups in total. The fraction of sp³-hybridized carbons (Fsp3) is 0.188. The number of aliphatic carboxylic acids is 1. The van der Waals surface area contributed by atoms with Crippen LogP contribution in [0, 0.1) is 6.92 Å². The first-order chi connectivity index (χ1) is 9.08. The monoisotopic (exact) mass is 256 g/mol. The predicted molar refractivity (Wildman–Crippen MR) is 73.4 cm³/mol. The zero-order valence-corrected chi connectivity index (χ0v) is 10.7. The van der Waals surface area contributed by atoms with Gasteiger partial charge in [-0.1, -0.05) is 36.4 Å². The van der Waals surface area contributed by atoms with Gasteiger partial charge in [0, 0.05) is 5.92 Å². The Morgan fingerprint density at radius 3 is 2.42 bits per heavy atom. The van der Waals surface area contributed by atoms with Crippen molar-refractivity contribution >= 4 is 5.97 Å². The quantitative estimate of drug-likeness (QED) is 0.882. The number of phenols is 1. The molecule has 19 heavy (non-hydrogen) atoms. The standard InChI is InChI=1S/C16H16O3/c1-11-9-13(17)7-8-14(11)15(10-16(18)19)12-5-3-2-4-6-12/h2-9,15,17H,10H2,1H3,(H,18,19). The molecular formula is C16H16O3. The van der Waals surface area contributed by atoms with Gasteiger partial charge in [0.1, 0.15) is 5.75 Å². The average molecular weight is 256 g/mol. The van der Waals surface area contributed by atoms with E-state index < -0.39 is 5.97 Å². The molecule has 1 unspecified atom stereocenters. The minimum atomic E-state index is -0.832. The second-order valence-corrected chi connectivity index (χ2v) is 4.60. The topological polar surface area (TPSA) is 57.5 Å². The second-order valence-electron chi connectivity index (χ2n) is 4.60. The molecule has 2 rings (SSSR count). The third-order valence-corrected chi connectivity index (χ3v) is 3.21. The Bertz CT molecular complexity index is 576. The van der Waals surface area contributed by atoms with Crippen molar-refractivity contribution in [3.8, 4) is 5.75 Å². The van der Waals surface area contributed by atoms with Crippen LogP contribution in [0.1, 0.15) is 29.0 Å². The van der Waals surface area contributed by atoms with E-state index in [-0.39, 0.29) is 18.1 Å². The highest BCUT2D eigenvalue weighted by Crippen LogP contribution is 2.31. The van der Waals surface area contributed by atoms with Gasteiger partial charge in [0.2, 0.25) is 0 Å². The van der Waals surface area contributed by atoms with Crippen LogP contribution >= 0.6 is 0 Å². The van der Waals surface area contributed by atoms with Gasteiger partial charge in [-0.3, -0.25) is 4.79 Å². The molecule has 0 fully saturated rings. The lowest BCUT2D eigenvalue weighted by molar-refractivity contribution is -0.137. The van der Waals surface area contributed by atoms with E-state index >= 15 is 0 Å². The lowest BCUT2D eigenvalue weighted by atomic mass is 9.86. The molecular weight excluding hydrogens is 240 g/mol. The van der Waals surface area contributed by atoms with E-state index in [0.717, 1.165) is 16.7 Å². The number of rotatable bonds is 4. The Kier molecular flexibility index (Phi) is 3.85. The van der Waals surface area contributed by atoms with E-state index in [9.17, 15) is 9.90 Å². The number of carboxylic acids is 1. The average Bonchev–Trinajstić information content (AvgIpc) is 2.37. The van der Waals surface area contributed by atoms with Crippen molar-refractivity contribution in [1.29, 1.82) is 0 Å². The van der Waals surface area contributed by atoms with Crippen LogP contribution < -0.4 is 0 Å². The fourth-order valence-corrected chi connectivity index (χ4v) is 2.32. The highest BCUT2D eigenvalue weighted by molar-refractivity contribution is 5.69. The highest BCUT2D eigenvalue weighted by Gasteiger charge is 2.19. The Hall–Kier alpha value is -2.29. The number of aryl methyl sites for hydroxylation is 1. The summed E-state index contributed by atoms with van der Waals surface area (Å²) in [6.07, 6.45) is 0.0373. The summed E-state index contributed by atoms with van der Waals surface area (Å²) >= 11 is 0. The molecule has 1 atom stereocenters. The maximum Gasteiger partial charge on any atom is 0.304 e. The van der Waals surface area contributed by atoms with Gasteiger partial charge in [-0.25, -0.2) is 0 Å². The van der Waals surface area contributed by atoms with Crippen LogP contribution in [0.5, 0.6) is 5.75 Å². The normalized spacial score (nSPS) is 12.1. The van der Waals surface area contributed by atoms with E-state index in [0.29, 0.717) is 0 Å². The van der Waals surface area contributed by atoms with E-state index in [2.05, 4.69) is 0 Å². The molecule has 3 nitrogen and oxygen atoms in total. The molecule has 0 heterocycles. The third kappa shape index (κ3) is 3.13. The molecule has 0 saturated heterocycles. The van der Waals surface area contributed by atoms with E-state index in [1.54, 1.807) is 18.2 Å². The van der Waals surface area contributed by atoms with Crippen molar-refractivity contribution in [3.05, 3.63) is 65.2 Å². The Morgan fingerprint density at radius 1 is 1.16 bits per heavy atom. The SMILES string of the molecule is Cc1cc(O)ccc1C(CC(=O)O)c1ccccc1. The van der Waals surface area contributed by atoms with Gasteiger partial charge in [-0.15, -0.1) is 0 Å². The van der Waals surface area contributed by atoms with Gasteiger partial charge >= 0.3 is 5.97 Å². The summed E-state index contributed by atoms with van der Waals surface area (Å²) in [4.78, 5) is 11.1. The van der Waals surface area contributed by atoms with E-state index in [4.69, 9.17) is 5.11 Å². The number of hydrogen-bond acceptors (Lipinski definition) is 2. The fourth-order valence-electron chi connectivity index (χ4n) is 2.32. The summed E-state index contributed by atoms with van der Waals surface area (Å²) in [5, 5.41) is 18.6. The van der Waals surface area contributed by atoms with Crippen molar-refractivity contribution < 1.29 is 15.0 Å². The minimum absolute atomic E-state index is 0.0373.